The molecular weight excluding hydrogens is 184 g/mol. The number of piperidine rings is 1. The Morgan fingerprint density at radius 2 is 1.93 bits per heavy atom. The molecule has 0 bridgehead atoms. The molecule has 2 amide bonds. The molecule has 0 aromatic carbocycles. The van der Waals surface area contributed by atoms with E-state index in [-0.39, 0.29) is 17.2 Å². The van der Waals surface area contributed by atoms with Gasteiger partial charge in [-0.3, -0.25) is 4.79 Å². The first-order valence-corrected chi connectivity index (χ1v) is 4.82. The van der Waals surface area contributed by atoms with Gasteiger partial charge in [-0.05, 0) is 24.7 Å². The Morgan fingerprint density at radius 1 is 1.36 bits per heavy atom. The number of nitrogens with zero attached hydrogens (tertiary/aromatic N) is 1. The normalized spacial score (nSPS) is 28.9. The van der Waals surface area contributed by atoms with Gasteiger partial charge in [-0.25, -0.2) is 4.79 Å². The van der Waals surface area contributed by atoms with Gasteiger partial charge in [-0.15, -0.1) is 0 Å². The minimum Gasteiger partial charge on any atom is -0.465 e. The maximum absolute atomic E-state index is 10.9. The molecule has 14 heavy (non-hydrogen) atoms. The van der Waals surface area contributed by atoms with Crippen LogP contribution in [0.4, 0.5) is 4.79 Å². The van der Waals surface area contributed by atoms with Crippen molar-refractivity contribution in [1.82, 2.24) is 4.90 Å². The van der Waals surface area contributed by atoms with Crippen molar-refractivity contribution in [2.24, 2.45) is 17.1 Å². The fourth-order valence-electron chi connectivity index (χ4n) is 2.45. The van der Waals surface area contributed by atoms with Crippen LogP contribution < -0.4 is 5.73 Å². The van der Waals surface area contributed by atoms with Gasteiger partial charge in [0.1, 0.15) is 0 Å². The molecule has 1 atom stereocenters. The average Bonchev–Trinajstić information content (AvgIpc) is 2.80. The Bertz CT molecular complexity index is 282. The second kappa shape index (κ2) is 2.87. The predicted molar refractivity (Wildman–Crippen MR) is 48.6 cm³/mol. The summed E-state index contributed by atoms with van der Waals surface area (Å²) in [6.45, 7) is 1.08. The summed E-state index contributed by atoms with van der Waals surface area (Å²) in [6.07, 6.45) is 1.56. The Balaban J connectivity index is 1.92. The second-order valence-corrected chi connectivity index (χ2v) is 4.29. The van der Waals surface area contributed by atoms with Gasteiger partial charge in [-0.1, -0.05) is 0 Å². The number of carbonyl (C=O) groups excluding carboxylic acids is 1. The van der Waals surface area contributed by atoms with Crippen molar-refractivity contribution in [3.63, 3.8) is 0 Å². The third-order valence-corrected chi connectivity index (χ3v) is 3.56. The highest BCUT2D eigenvalue weighted by Gasteiger charge is 2.58. The van der Waals surface area contributed by atoms with Crippen LogP contribution in [0.2, 0.25) is 0 Å². The average molecular weight is 198 g/mol. The maximum Gasteiger partial charge on any atom is 0.407 e. The summed E-state index contributed by atoms with van der Waals surface area (Å²) < 4.78 is 0. The summed E-state index contributed by atoms with van der Waals surface area (Å²) in [5, 5.41) is 8.74. The van der Waals surface area contributed by atoms with Gasteiger partial charge in [0, 0.05) is 19.0 Å². The first-order chi connectivity index (χ1) is 6.55. The van der Waals surface area contributed by atoms with Gasteiger partial charge >= 0.3 is 6.09 Å². The molecule has 5 heteroatoms. The van der Waals surface area contributed by atoms with E-state index < -0.39 is 6.09 Å². The van der Waals surface area contributed by atoms with Gasteiger partial charge in [0.2, 0.25) is 5.91 Å². The smallest absolute Gasteiger partial charge is 0.407 e. The van der Waals surface area contributed by atoms with E-state index in [1.54, 1.807) is 0 Å². The highest BCUT2D eigenvalue weighted by molar-refractivity contribution is 5.80. The van der Waals surface area contributed by atoms with E-state index >= 15 is 0 Å². The Morgan fingerprint density at radius 3 is 2.29 bits per heavy atom. The molecule has 0 aromatic rings. The molecule has 0 radical (unpaired) electrons. The zero-order chi connectivity index (χ0) is 10.3. The number of primary amides is 1. The standard InChI is InChI=1S/C9H14N2O3/c10-7(12)6-5-9(6)1-3-11(4-2-9)8(13)14/h6H,1-5H2,(H2,10,12)(H,13,14)/t6-/m0/s1. The van der Waals surface area contributed by atoms with Crippen molar-refractivity contribution < 1.29 is 14.7 Å². The van der Waals surface area contributed by atoms with Gasteiger partial charge in [0.05, 0.1) is 0 Å². The van der Waals surface area contributed by atoms with E-state index in [0.717, 1.165) is 19.3 Å². The van der Waals surface area contributed by atoms with Crippen LogP contribution in [-0.4, -0.2) is 35.1 Å². The molecule has 3 N–H and O–H groups in total. The van der Waals surface area contributed by atoms with Crippen molar-refractivity contribution in [2.45, 2.75) is 19.3 Å². The molecule has 1 saturated heterocycles. The second-order valence-electron chi connectivity index (χ2n) is 4.29. The number of nitrogens with two attached hydrogens (primary N) is 1. The maximum atomic E-state index is 10.9. The van der Waals surface area contributed by atoms with Gasteiger partial charge in [0.15, 0.2) is 0 Å². The van der Waals surface area contributed by atoms with Crippen molar-refractivity contribution in [2.75, 3.05) is 13.1 Å². The topological polar surface area (TPSA) is 83.6 Å². The van der Waals surface area contributed by atoms with Crippen molar-refractivity contribution in [3.8, 4) is 0 Å². The van der Waals surface area contributed by atoms with Crippen LogP contribution in [-0.2, 0) is 4.79 Å². The highest BCUT2D eigenvalue weighted by Crippen LogP contribution is 2.59. The predicted octanol–water partition coefficient (Wildman–Crippen LogP) is 0.252. The molecule has 1 saturated carbocycles. The molecule has 2 aliphatic rings. The molecule has 1 spiro atoms. The molecule has 2 rings (SSSR count). The molecule has 0 unspecified atom stereocenters. The van der Waals surface area contributed by atoms with Gasteiger partial charge in [0.25, 0.3) is 0 Å². The van der Waals surface area contributed by atoms with Crippen molar-refractivity contribution in [1.29, 1.82) is 0 Å². The zero-order valence-electron chi connectivity index (χ0n) is 7.90. The quantitative estimate of drug-likeness (QED) is 0.633. The minimum absolute atomic E-state index is 0.00144. The minimum atomic E-state index is -0.865. The van der Waals surface area contributed by atoms with E-state index in [0.29, 0.717) is 13.1 Å². The van der Waals surface area contributed by atoms with Crippen LogP contribution in [0.1, 0.15) is 19.3 Å². The molecule has 1 aliphatic carbocycles. The van der Waals surface area contributed by atoms with Gasteiger partial charge < -0.3 is 15.7 Å². The molecular formula is C9H14N2O3. The van der Waals surface area contributed by atoms with E-state index in [9.17, 15) is 9.59 Å². The first kappa shape index (κ1) is 9.30. The monoisotopic (exact) mass is 198 g/mol. The number of hydrogen-bond donors (Lipinski definition) is 2. The lowest BCUT2D eigenvalue weighted by atomic mass is 9.91. The van der Waals surface area contributed by atoms with Crippen LogP contribution in [0.5, 0.6) is 0 Å². The summed E-state index contributed by atoms with van der Waals surface area (Å²) in [4.78, 5) is 23.0. The summed E-state index contributed by atoms with van der Waals surface area (Å²) in [5.41, 5.74) is 5.28. The third kappa shape index (κ3) is 1.32. The molecule has 2 fully saturated rings. The van der Waals surface area contributed by atoms with Crippen molar-refractivity contribution >= 4 is 12.0 Å². The lowest BCUT2D eigenvalue weighted by Gasteiger charge is -2.30. The highest BCUT2D eigenvalue weighted by atomic mass is 16.4. The molecule has 5 nitrogen and oxygen atoms in total. The van der Waals surface area contributed by atoms with Crippen LogP contribution in [0.3, 0.4) is 0 Å². The lowest BCUT2D eigenvalue weighted by molar-refractivity contribution is -0.120. The Kier molecular flexibility index (Phi) is 1.90. The van der Waals surface area contributed by atoms with E-state index in [4.69, 9.17) is 10.8 Å². The van der Waals surface area contributed by atoms with Crippen LogP contribution in [0, 0.1) is 11.3 Å². The largest absolute Gasteiger partial charge is 0.465 e. The fourth-order valence-corrected chi connectivity index (χ4v) is 2.45. The van der Waals surface area contributed by atoms with E-state index in [1.807, 2.05) is 0 Å². The Hall–Kier alpha value is -1.26. The Labute approximate surface area is 81.9 Å². The summed E-state index contributed by atoms with van der Waals surface area (Å²) in [7, 11) is 0. The molecule has 78 valence electrons. The number of amides is 2. The van der Waals surface area contributed by atoms with E-state index in [1.165, 1.54) is 4.90 Å². The number of carbonyl (C=O) groups is 2. The van der Waals surface area contributed by atoms with E-state index in [2.05, 4.69) is 0 Å². The number of rotatable bonds is 1. The lowest BCUT2D eigenvalue weighted by Crippen LogP contribution is -2.39. The summed E-state index contributed by atoms with van der Waals surface area (Å²) in [5.74, 6) is -0.229. The van der Waals surface area contributed by atoms with Crippen molar-refractivity contribution in [3.05, 3.63) is 0 Å². The zero-order valence-corrected chi connectivity index (χ0v) is 7.90. The summed E-state index contributed by atoms with van der Waals surface area (Å²) >= 11 is 0. The van der Waals surface area contributed by atoms with Crippen LogP contribution in [0.25, 0.3) is 0 Å². The fraction of sp³-hybridized carbons (Fsp3) is 0.778. The number of likely N-dealkylation sites (tertiary alicyclic amines) is 1. The third-order valence-electron chi connectivity index (χ3n) is 3.56. The first-order valence-electron chi connectivity index (χ1n) is 4.82. The number of hydrogen-bond acceptors (Lipinski definition) is 2. The van der Waals surface area contributed by atoms with Crippen LogP contribution >= 0.6 is 0 Å². The molecule has 0 aromatic heterocycles. The SMILES string of the molecule is NC(=O)[C@@H]1CC12CCN(C(=O)O)CC2. The summed E-state index contributed by atoms with van der Waals surface area (Å²) in [6, 6.07) is 0. The molecule has 1 heterocycles. The molecule has 1 aliphatic heterocycles. The number of carboxylic acid groups (broad SMARTS) is 1. The van der Waals surface area contributed by atoms with Crippen LogP contribution in [0.15, 0.2) is 0 Å². The van der Waals surface area contributed by atoms with Gasteiger partial charge in [-0.2, -0.15) is 0 Å².